The monoisotopic (exact) mass is 348 g/mol. The number of carbonyl (C=O) groups is 1. The van der Waals surface area contributed by atoms with Crippen molar-refractivity contribution in [3.8, 4) is 5.88 Å². The Kier molecular flexibility index (Phi) is 4.61. The molecule has 0 aliphatic carbocycles. The van der Waals surface area contributed by atoms with Gasteiger partial charge in [-0.25, -0.2) is 9.97 Å². The van der Waals surface area contributed by atoms with Crippen LogP contribution in [0.25, 0.3) is 5.65 Å². The van der Waals surface area contributed by atoms with Crippen LogP contribution in [0, 0.1) is 5.95 Å². The molecule has 0 fully saturated rings. The van der Waals surface area contributed by atoms with E-state index in [9.17, 15) is 9.18 Å². The van der Waals surface area contributed by atoms with Crippen LogP contribution in [0.1, 0.15) is 23.0 Å². The lowest BCUT2D eigenvalue weighted by atomic mass is 10.2. The molecule has 0 radical (unpaired) electrons. The number of fused-ring (bicyclic) bond motifs is 1. The number of aromatic nitrogens is 3. The van der Waals surface area contributed by atoms with Crippen LogP contribution in [0.2, 0.25) is 5.02 Å². The van der Waals surface area contributed by atoms with Gasteiger partial charge in [0.2, 0.25) is 11.8 Å². The Balaban J connectivity index is 1.80. The first-order chi connectivity index (χ1) is 11.6. The molecule has 0 aliphatic rings. The van der Waals surface area contributed by atoms with Crippen molar-refractivity contribution in [2.45, 2.75) is 13.5 Å². The van der Waals surface area contributed by atoms with Crippen LogP contribution in [0.15, 0.2) is 36.7 Å². The van der Waals surface area contributed by atoms with Crippen molar-refractivity contribution in [2.24, 2.45) is 0 Å². The van der Waals surface area contributed by atoms with Crippen LogP contribution in [-0.4, -0.2) is 26.9 Å². The van der Waals surface area contributed by atoms with Gasteiger partial charge < -0.3 is 10.1 Å². The summed E-state index contributed by atoms with van der Waals surface area (Å²) in [5, 5.41) is 2.97. The Morgan fingerprint density at radius 1 is 1.42 bits per heavy atom. The number of hydrogen-bond acceptors (Lipinski definition) is 4. The van der Waals surface area contributed by atoms with Crippen LogP contribution in [-0.2, 0) is 6.54 Å². The zero-order valence-electron chi connectivity index (χ0n) is 12.8. The summed E-state index contributed by atoms with van der Waals surface area (Å²) in [6.07, 6.45) is 2.96. The van der Waals surface area contributed by atoms with Gasteiger partial charge in [0.25, 0.3) is 5.91 Å². The fourth-order valence-electron chi connectivity index (χ4n) is 2.22. The molecule has 3 aromatic heterocycles. The maximum absolute atomic E-state index is 14.3. The third kappa shape index (κ3) is 3.16. The lowest BCUT2D eigenvalue weighted by Gasteiger charge is -2.09. The van der Waals surface area contributed by atoms with E-state index in [0.717, 1.165) is 4.40 Å². The predicted octanol–water partition coefficient (Wildman–Crippen LogP) is 2.85. The maximum Gasteiger partial charge on any atom is 0.274 e. The van der Waals surface area contributed by atoms with E-state index in [4.69, 9.17) is 16.3 Å². The number of nitrogens with one attached hydrogen (secondary N) is 1. The van der Waals surface area contributed by atoms with Crippen molar-refractivity contribution in [3.05, 3.63) is 58.9 Å². The SMILES string of the molecule is CCOc1ncccc1CNC(=O)c1nc2ccc(Cl)cn2c1F. The first-order valence-corrected chi connectivity index (χ1v) is 7.66. The van der Waals surface area contributed by atoms with Gasteiger partial charge in [-0.2, -0.15) is 4.39 Å². The largest absolute Gasteiger partial charge is 0.478 e. The van der Waals surface area contributed by atoms with E-state index in [-0.39, 0.29) is 12.2 Å². The van der Waals surface area contributed by atoms with E-state index in [1.54, 1.807) is 24.4 Å². The molecule has 3 heterocycles. The minimum absolute atomic E-state index is 0.149. The molecule has 124 valence electrons. The highest BCUT2D eigenvalue weighted by Gasteiger charge is 2.19. The molecule has 3 rings (SSSR count). The van der Waals surface area contributed by atoms with Crippen LogP contribution >= 0.6 is 11.6 Å². The number of ether oxygens (including phenoxy) is 1. The Labute approximate surface area is 142 Å². The van der Waals surface area contributed by atoms with E-state index in [1.807, 2.05) is 6.92 Å². The lowest BCUT2D eigenvalue weighted by molar-refractivity contribution is 0.0941. The first-order valence-electron chi connectivity index (χ1n) is 7.28. The average Bonchev–Trinajstić information content (AvgIpc) is 2.91. The predicted molar refractivity (Wildman–Crippen MR) is 86.7 cm³/mol. The average molecular weight is 349 g/mol. The molecule has 3 aromatic rings. The smallest absolute Gasteiger partial charge is 0.274 e. The summed E-state index contributed by atoms with van der Waals surface area (Å²) in [5.41, 5.74) is 0.706. The molecule has 0 aromatic carbocycles. The first kappa shape index (κ1) is 16.2. The minimum Gasteiger partial charge on any atom is -0.478 e. The molecule has 24 heavy (non-hydrogen) atoms. The number of halogens is 2. The zero-order chi connectivity index (χ0) is 17.1. The summed E-state index contributed by atoms with van der Waals surface area (Å²) < 4.78 is 20.9. The molecule has 0 bridgehead atoms. The van der Waals surface area contributed by atoms with Gasteiger partial charge in [0, 0.05) is 24.5 Å². The molecular weight excluding hydrogens is 335 g/mol. The molecule has 6 nitrogen and oxygen atoms in total. The van der Waals surface area contributed by atoms with Gasteiger partial charge in [-0.3, -0.25) is 9.20 Å². The summed E-state index contributed by atoms with van der Waals surface area (Å²) >= 11 is 5.83. The molecular formula is C16H14ClFN4O2. The second kappa shape index (κ2) is 6.84. The zero-order valence-corrected chi connectivity index (χ0v) is 13.5. The third-order valence-corrected chi connectivity index (χ3v) is 3.53. The highest BCUT2D eigenvalue weighted by atomic mass is 35.5. The standard InChI is InChI=1S/C16H14ClFN4O2/c1-2-24-16-10(4-3-7-19-16)8-20-15(23)13-14(18)22-9-11(17)5-6-12(22)21-13/h3-7,9H,2,8H2,1H3,(H,20,23). The van der Waals surface area contributed by atoms with E-state index >= 15 is 0 Å². The Morgan fingerprint density at radius 3 is 3.04 bits per heavy atom. The van der Waals surface area contributed by atoms with Gasteiger partial charge >= 0.3 is 0 Å². The summed E-state index contributed by atoms with van der Waals surface area (Å²) in [6, 6.07) is 6.63. The van der Waals surface area contributed by atoms with Gasteiger partial charge in [0.15, 0.2) is 5.69 Å². The highest BCUT2D eigenvalue weighted by molar-refractivity contribution is 6.30. The normalized spacial score (nSPS) is 10.8. The lowest BCUT2D eigenvalue weighted by Crippen LogP contribution is -2.24. The van der Waals surface area contributed by atoms with E-state index in [0.29, 0.717) is 28.7 Å². The molecule has 0 unspecified atom stereocenters. The Morgan fingerprint density at radius 2 is 2.25 bits per heavy atom. The number of rotatable bonds is 5. The van der Waals surface area contributed by atoms with Crippen molar-refractivity contribution in [1.82, 2.24) is 19.7 Å². The second-order valence-corrected chi connectivity index (χ2v) is 5.35. The number of hydrogen-bond donors (Lipinski definition) is 1. The van der Waals surface area contributed by atoms with E-state index in [1.165, 1.54) is 12.3 Å². The molecule has 0 aliphatic heterocycles. The Bertz CT molecular complexity index is 897. The van der Waals surface area contributed by atoms with Crippen molar-refractivity contribution in [3.63, 3.8) is 0 Å². The topological polar surface area (TPSA) is 68.5 Å². The van der Waals surface area contributed by atoms with Crippen molar-refractivity contribution in [2.75, 3.05) is 6.61 Å². The summed E-state index contributed by atoms with van der Waals surface area (Å²) in [5.74, 6) is -0.956. The van der Waals surface area contributed by atoms with Gasteiger partial charge in [-0.15, -0.1) is 0 Å². The summed E-state index contributed by atoms with van der Waals surface area (Å²) in [6.45, 7) is 2.45. The van der Waals surface area contributed by atoms with E-state index in [2.05, 4.69) is 15.3 Å². The number of imidazole rings is 1. The van der Waals surface area contributed by atoms with Gasteiger partial charge in [0.1, 0.15) is 5.65 Å². The molecule has 8 heteroatoms. The summed E-state index contributed by atoms with van der Waals surface area (Å²) in [7, 11) is 0. The van der Waals surface area contributed by atoms with Crippen LogP contribution in [0.3, 0.4) is 0 Å². The number of amides is 1. The number of pyridine rings is 2. The van der Waals surface area contributed by atoms with Gasteiger partial charge in [0.05, 0.1) is 11.6 Å². The van der Waals surface area contributed by atoms with Crippen LogP contribution < -0.4 is 10.1 Å². The summed E-state index contributed by atoms with van der Waals surface area (Å²) in [4.78, 5) is 20.3. The van der Waals surface area contributed by atoms with Crippen LogP contribution in [0.5, 0.6) is 5.88 Å². The third-order valence-electron chi connectivity index (χ3n) is 3.31. The molecule has 0 saturated heterocycles. The van der Waals surface area contributed by atoms with Gasteiger partial charge in [-0.05, 0) is 25.1 Å². The van der Waals surface area contributed by atoms with E-state index < -0.39 is 11.9 Å². The molecule has 1 N–H and O–H groups in total. The Hall–Kier alpha value is -2.67. The van der Waals surface area contributed by atoms with Gasteiger partial charge in [-0.1, -0.05) is 17.7 Å². The fourth-order valence-corrected chi connectivity index (χ4v) is 2.38. The van der Waals surface area contributed by atoms with Crippen molar-refractivity contribution in [1.29, 1.82) is 0 Å². The minimum atomic E-state index is -0.763. The van der Waals surface area contributed by atoms with Crippen LogP contribution in [0.4, 0.5) is 4.39 Å². The fraction of sp³-hybridized carbons (Fsp3) is 0.188. The van der Waals surface area contributed by atoms with Crippen molar-refractivity contribution < 1.29 is 13.9 Å². The molecule has 0 spiro atoms. The highest BCUT2D eigenvalue weighted by Crippen LogP contribution is 2.17. The number of carbonyl (C=O) groups excluding carboxylic acids is 1. The second-order valence-electron chi connectivity index (χ2n) is 4.91. The van der Waals surface area contributed by atoms with Crippen molar-refractivity contribution >= 4 is 23.2 Å². The maximum atomic E-state index is 14.3. The molecule has 0 atom stereocenters. The molecule has 1 amide bonds. The molecule has 0 saturated carbocycles. The number of nitrogens with zero attached hydrogens (tertiary/aromatic N) is 3. The quantitative estimate of drug-likeness (QED) is 0.769.